The molecule has 6 heteroatoms. The third kappa shape index (κ3) is 3.85. The summed E-state index contributed by atoms with van der Waals surface area (Å²) in [6, 6.07) is 16.4. The van der Waals surface area contributed by atoms with Gasteiger partial charge in [-0.2, -0.15) is 0 Å². The van der Waals surface area contributed by atoms with Crippen molar-refractivity contribution in [2.75, 3.05) is 13.7 Å². The van der Waals surface area contributed by atoms with Gasteiger partial charge in [0.1, 0.15) is 6.33 Å². The number of benzene rings is 2. The summed E-state index contributed by atoms with van der Waals surface area (Å²) in [5.74, 6) is -0.526. The van der Waals surface area contributed by atoms with E-state index in [1.165, 1.54) is 5.56 Å². The monoisotopic (exact) mass is 403 g/mol. The molecule has 0 N–H and O–H groups in total. The van der Waals surface area contributed by atoms with Crippen molar-refractivity contribution in [1.82, 2.24) is 14.5 Å². The Balaban J connectivity index is 1.61. The number of aryl methyl sites for hydroxylation is 2. The lowest BCUT2D eigenvalue weighted by Crippen LogP contribution is -2.26. The van der Waals surface area contributed by atoms with Crippen LogP contribution in [0.4, 0.5) is 0 Å². The molecule has 0 saturated heterocycles. The molecule has 1 amide bonds. The molecule has 1 aromatic heterocycles. The molecule has 6 nitrogen and oxygen atoms in total. The number of esters is 1. The first kappa shape index (κ1) is 19.9. The first-order chi connectivity index (χ1) is 14.6. The lowest BCUT2D eigenvalue weighted by molar-refractivity contribution is 0.0516. The van der Waals surface area contributed by atoms with E-state index in [-0.39, 0.29) is 18.2 Å². The number of nitrogens with zero attached hydrogens (tertiary/aromatic N) is 3. The predicted molar refractivity (Wildman–Crippen MR) is 114 cm³/mol. The number of carbonyl (C=O) groups excluding carboxylic acids is 2. The first-order valence-corrected chi connectivity index (χ1v) is 10.2. The quantitative estimate of drug-likeness (QED) is 0.587. The maximum atomic E-state index is 13.0. The number of aromatic nitrogens is 2. The number of ether oxygens (including phenoxy) is 1. The van der Waals surface area contributed by atoms with E-state index in [1.54, 1.807) is 25.2 Å². The molecular weight excluding hydrogens is 378 g/mol. The maximum Gasteiger partial charge on any atom is 0.358 e. The highest BCUT2D eigenvalue weighted by atomic mass is 16.5. The van der Waals surface area contributed by atoms with Gasteiger partial charge in [-0.05, 0) is 49.4 Å². The number of fused-ring (bicyclic) bond motifs is 3. The van der Waals surface area contributed by atoms with E-state index in [9.17, 15) is 9.59 Å². The van der Waals surface area contributed by atoms with Crippen molar-refractivity contribution in [3.63, 3.8) is 0 Å². The van der Waals surface area contributed by atoms with Gasteiger partial charge in [0, 0.05) is 7.05 Å². The molecule has 0 aliphatic carbocycles. The van der Waals surface area contributed by atoms with E-state index < -0.39 is 5.97 Å². The Labute approximate surface area is 176 Å². The van der Waals surface area contributed by atoms with Gasteiger partial charge in [-0.3, -0.25) is 9.36 Å². The fraction of sp³-hybridized carbons (Fsp3) is 0.292. The highest BCUT2D eigenvalue weighted by Gasteiger charge is 2.29. The van der Waals surface area contributed by atoms with Gasteiger partial charge < -0.3 is 9.64 Å². The highest BCUT2D eigenvalue weighted by Crippen LogP contribution is 2.27. The number of carbonyl (C=O) groups is 2. The summed E-state index contributed by atoms with van der Waals surface area (Å²) >= 11 is 0. The van der Waals surface area contributed by atoms with Crippen LogP contribution in [0.2, 0.25) is 0 Å². The van der Waals surface area contributed by atoms with Gasteiger partial charge in [0.2, 0.25) is 0 Å². The fourth-order valence-corrected chi connectivity index (χ4v) is 3.87. The molecule has 0 bridgehead atoms. The molecule has 0 radical (unpaired) electrons. The van der Waals surface area contributed by atoms with Crippen molar-refractivity contribution in [2.24, 2.45) is 0 Å². The molecular formula is C24H25N3O3. The molecule has 154 valence electrons. The standard InChI is InChI=1S/C24H25N3O3/c1-3-30-24(29)22-21-15-26(2)23(28)19-14-18(12-13-20(19)27(21)16-25-22)11-7-10-17-8-5-4-6-9-17/h4-6,8-9,12-14,16H,3,7,10-11,15H2,1-2H3. The zero-order valence-corrected chi connectivity index (χ0v) is 17.3. The van der Waals surface area contributed by atoms with Gasteiger partial charge in [0.25, 0.3) is 5.91 Å². The zero-order valence-electron chi connectivity index (χ0n) is 17.3. The molecule has 4 rings (SSSR count). The summed E-state index contributed by atoms with van der Waals surface area (Å²) in [7, 11) is 1.74. The molecule has 2 heterocycles. The molecule has 0 unspecified atom stereocenters. The van der Waals surface area contributed by atoms with E-state index in [4.69, 9.17) is 4.74 Å². The number of hydrogen-bond donors (Lipinski definition) is 0. The van der Waals surface area contributed by atoms with Crippen molar-refractivity contribution in [3.05, 3.63) is 82.9 Å². The van der Waals surface area contributed by atoms with Gasteiger partial charge in [0.15, 0.2) is 5.69 Å². The largest absolute Gasteiger partial charge is 0.461 e. The summed E-state index contributed by atoms with van der Waals surface area (Å²) in [5, 5.41) is 0. The van der Waals surface area contributed by atoms with Gasteiger partial charge in [-0.25, -0.2) is 9.78 Å². The lowest BCUT2D eigenvalue weighted by atomic mass is 10.0. The van der Waals surface area contributed by atoms with Crippen LogP contribution in [0.3, 0.4) is 0 Å². The fourth-order valence-electron chi connectivity index (χ4n) is 3.87. The topological polar surface area (TPSA) is 64.4 Å². The molecule has 30 heavy (non-hydrogen) atoms. The Morgan fingerprint density at radius 2 is 1.87 bits per heavy atom. The third-order valence-corrected chi connectivity index (χ3v) is 5.39. The number of amides is 1. The van der Waals surface area contributed by atoms with Crippen LogP contribution in [0.25, 0.3) is 5.69 Å². The first-order valence-electron chi connectivity index (χ1n) is 10.2. The predicted octanol–water partition coefficient (Wildman–Crippen LogP) is 3.81. The smallest absolute Gasteiger partial charge is 0.358 e. The minimum Gasteiger partial charge on any atom is -0.461 e. The van der Waals surface area contributed by atoms with Crippen molar-refractivity contribution in [3.8, 4) is 5.69 Å². The Morgan fingerprint density at radius 3 is 2.63 bits per heavy atom. The van der Waals surface area contributed by atoms with Gasteiger partial charge in [-0.1, -0.05) is 36.4 Å². The van der Waals surface area contributed by atoms with Crippen LogP contribution < -0.4 is 0 Å². The van der Waals surface area contributed by atoms with Crippen LogP contribution in [-0.2, 0) is 24.1 Å². The van der Waals surface area contributed by atoms with Crippen LogP contribution >= 0.6 is 0 Å². The SMILES string of the molecule is CCOC(=O)c1ncn2c1CN(C)C(=O)c1cc(CCCc3ccccc3)ccc1-2. The van der Waals surface area contributed by atoms with Crippen molar-refractivity contribution >= 4 is 11.9 Å². The molecule has 0 saturated carbocycles. The van der Waals surface area contributed by atoms with Crippen LogP contribution in [-0.4, -0.2) is 40.0 Å². The van der Waals surface area contributed by atoms with Crippen molar-refractivity contribution in [1.29, 1.82) is 0 Å². The van der Waals surface area contributed by atoms with Crippen LogP contribution in [0.5, 0.6) is 0 Å². The second kappa shape index (κ2) is 8.53. The van der Waals surface area contributed by atoms with Crippen molar-refractivity contribution in [2.45, 2.75) is 32.7 Å². The Kier molecular flexibility index (Phi) is 5.65. The normalized spacial score (nSPS) is 12.9. The Hall–Kier alpha value is -3.41. The lowest BCUT2D eigenvalue weighted by Gasteiger charge is -2.15. The summed E-state index contributed by atoms with van der Waals surface area (Å²) in [4.78, 5) is 31.2. The van der Waals surface area contributed by atoms with E-state index in [0.29, 0.717) is 17.8 Å². The Bertz CT molecular complexity index is 1070. The zero-order chi connectivity index (χ0) is 21.1. The van der Waals surface area contributed by atoms with Gasteiger partial charge in [-0.15, -0.1) is 0 Å². The molecule has 1 aliphatic rings. The summed E-state index contributed by atoms with van der Waals surface area (Å²) in [6.45, 7) is 2.34. The minimum atomic E-state index is -0.465. The number of imidazole rings is 1. The molecule has 0 atom stereocenters. The second-order valence-corrected chi connectivity index (χ2v) is 7.48. The number of hydrogen-bond acceptors (Lipinski definition) is 4. The van der Waals surface area contributed by atoms with E-state index in [1.807, 2.05) is 22.8 Å². The van der Waals surface area contributed by atoms with E-state index >= 15 is 0 Å². The second-order valence-electron chi connectivity index (χ2n) is 7.48. The molecule has 3 aromatic rings. The maximum absolute atomic E-state index is 13.0. The van der Waals surface area contributed by atoms with Crippen LogP contribution in [0, 0.1) is 0 Å². The molecule has 2 aromatic carbocycles. The molecule has 1 aliphatic heterocycles. The van der Waals surface area contributed by atoms with Crippen LogP contribution in [0.15, 0.2) is 54.9 Å². The summed E-state index contributed by atoms with van der Waals surface area (Å²) < 4.78 is 6.95. The Morgan fingerprint density at radius 1 is 1.10 bits per heavy atom. The van der Waals surface area contributed by atoms with Gasteiger partial charge >= 0.3 is 5.97 Å². The van der Waals surface area contributed by atoms with Crippen LogP contribution in [0.1, 0.15) is 51.0 Å². The summed E-state index contributed by atoms with van der Waals surface area (Å²) in [5.41, 5.74) is 4.74. The molecule has 0 spiro atoms. The molecule has 0 fully saturated rings. The van der Waals surface area contributed by atoms with E-state index in [0.717, 1.165) is 30.5 Å². The third-order valence-electron chi connectivity index (χ3n) is 5.39. The average molecular weight is 403 g/mol. The minimum absolute atomic E-state index is 0.0616. The average Bonchev–Trinajstić information content (AvgIpc) is 3.13. The van der Waals surface area contributed by atoms with Gasteiger partial charge in [0.05, 0.1) is 30.1 Å². The summed E-state index contributed by atoms with van der Waals surface area (Å²) in [6.07, 6.45) is 4.50. The van der Waals surface area contributed by atoms with E-state index in [2.05, 4.69) is 35.3 Å². The van der Waals surface area contributed by atoms with Crippen molar-refractivity contribution < 1.29 is 14.3 Å². The number of rotatable bonds is 6. The highest BCUT2D eigenvalue weighted by molar-refractivity contribution is 5.99.